The van der Waals surface area contributed by atoms with Crippen molar-refractivity contribution >= 4 is 34.7 Å². The van der Waals surface area contributed by atoms with Crippen LogP contribution in [0, 0.1) is 23.7 Å². The highest BCUT2D eigenvalue weighted by Gasteiger charge is 2.19. The zero-order valence-electron chi connectivity index (χ0n) is 34.2. The first-order chi connectivity index (χ1) is 29.0. The maximum absolute atomic E-state index is 10.3. The molecule has 0 radical (unpaired) electrons. The summed E-state index contributed by atoms with van der Waals surface area (Å²) in [7, 11) is 0. The maximum Gasteiger partial charge on any atom is 0.0948 e. The summed E-state index contributed by atoms with van der Waals surface area (Å²) in [5.74, 6) is 12.8. The Hall–Kier alpha value is -5.25. The number of hydrogen-bond acceptors (Lipinski definition) is 4. The molecule has 60 heavy (non-hydrogen) atoms. The Morgan fingerprint density at radius 3 is 1.47 bits per heavy atom. The lowest BCUT2D eigenvalue weighted by molar-refractivity contribution is 0.0574. The molecule has 9 rings (SSSR count). The monoisotopic (exact) mass is 907 g/mol. The second-order valence-electron chi connectivity index (χ2n) is 14.1. The molecule has 0 spiro atoms. The van der Waals surface area contributed by atoms with Gasteiger partial charge in [-0.2, -0.15) is 0 Å². The predicted octanol–water partition coefficient (Wildman–Crippen LogP) is 12.2. The summed E-state index contributed by atoms with van der Waals surface area (Å²) in [5.41, 5.74) is 18.5. The van der Waals surface area contributed by atoms with Gasteiger partial charge in [0.25, 0.3) is 0 Å². The molecule has 3 unspecified atom stereocenters. The molecule has 0 aliphatic heterocycles. The van der Waals surface area contributed by atoms with Crippen LogP contribution < -0.4 is 5.73 Å². The molecule has 0 fully saturated rings. The zero-order chi connectivity index (χ0) is 41.8. The molecule has 5 heteroatoms. The van der Waals surface area contributed by atoms with Crippen molar-refractivity contribution in [2.45, 2.75) is 71.7 Å². The van der Waals surface area contributed by atoms with Crippen LogP contribution in [-0.4, -0.2) is 21.9 Å². The van der Waals surface area contributed by atoms with Crippen LogP contribution in [0.3, 0.4) is 0 Å². The average Bonchev–Trinajstić information content (AvgIpc) is 3.27. The Bertz CT molecular complexity index is 2410. The number of nitrogens with two attached hydrogens (primary N) is 1. The van der Waals surface area contributed by atoms with E-state index in [0.717, 1.165) is 56.5 Å². The number of benzene rings is 6. The van der Waals surface area contributed by atoms with Crippen LogP contribution in [0.15, 0.2) is 146 Å². The highest BCUT2D eigenvalue weighted by atomic mass is 127. The van der Waals surface area contributed by atoms with Gasteiger partial charge in [-0.15, -0.1) is 0 Å². The summed E-state index contributed by atoms with van der Waals surface area (Å²) < 4.78 is 5.71. The van der Waals surface area contributed by atoms with Gasteiger partial charge in [0.2, 0.25) is 0 Å². The third-order valence-corrected chi connectivity index (χ3v) is 10.2. The smallest absolute Gasteiger partial charge is 0.0948 e. The first kappa shape index (κ1) is 47.4. The minimum Gasteiger partial charge on any atom is -0.388 e. The van der Waals surface area contributed by atoms with Gasteiger partial charge < -0.3 is 20.7 Å². The number of rotatable bonds is 3. The Labute approximate surface area is 372 Å². The molecule has 0 bridgehead atoms. The summed E-state index contributed by atoms with van der Waals surface area (Å²) >= 11 is 2.15. The molecule has 308 valence electrons. The Balaban J connectivity index is 0.000000185. The van der Waals surface area contributed by atoms with Crippen LogP contribution in [0.25, 0.3) is 12.2 Å². The first-order valence-corrected chi connectivity index (χ1v) is 22.4. The summed E-state index contributed by atoms with van der Waals surface area (Å²) in [6.07, 6.45) is 8.03. The van der Waals surface area contributed by atoms with Gasteiger partial charge in [0, 0.05) is 41.5 Å². The van der Waals surface area contributed by atoms with E-state index in [4.69, 9.17) is 10.5 Å². The average molecular weight is 908 g/mol. The van der Waals surface area contributed by atoms with E-state index in [-0.39, 0.29) is 20.3 Å². The van der Waals surface area contributed by atoms with Gasteiger partial charge in [-0.1, -0.05) is 214 Å². The van der Waals surface area contributed by atoms with Gasteiger partial charge >= 0.3 is 0 Å². The molecule has 0 amide bonds. The highest BCUT2D eigenvalue weighted by molar-refractivity contribution is 14.1. The first-order valence-electron chi connectivity index (χ1n) is 20.3. The summed E-state index contributed by atoms with van der Waals surface area (Å²) in [6.45, 7) is 4.58. The molecule has 3 aliphatic carbocycles. The van der Waals surface area contributed by atoms with E-state index in [9.17, 15) is 10.2 Å². The van der Waals surface area contributed by atoms with E-state index in [0.29, 0.717) is 12.8 Å². The lowest BCUT2D eigenvalue weighted by Gasteiger charge is -2.21. The Morgan fingerprint density at radius 2 is 0.883 bits per heavy atom. The molecule has 6 aromatic carbocycles. The van der Waals surface area contributed by atoms with E-state index in [1.165, 1.54) is 29.5 Å². The van der Waals surface area contributed by atoms with Crippen LogP contribution in [0.5, 0.6) is 0 Å². The van der Waals surface area contributed by atoms with E-state index >= 15 is 0 Å². The van der Waals surface area contributed by atoms with Crippen molar-refractivity contribution in [3.63, 3.8) is 0 Å². The lowest BCUT2D eigenvalue weighted by atomic mass is 9.91. The van der Waals surface area contributed by atoms with Crippen molar-refractivity contribution in [3.8, 4) is 23.7 Å². The molecule has 0 aromatic heterocycles. The molecular weight excluding hydrogens is 850 g/mol. The quantitative estimate of drug-likeness (QED) is 0.0716. The maximum atomic E-state index is 10.3. The second-order valence-corrected chi connectivity index (χ2v) is 14.1. The molecule has 0 saturated carbocycles. The summed E-state index contributed by atoms with van der Waals surface area (Å²) in [5, 5.41) is 20.5. The van der Waals surface area contributed by atoms with Crippen LogP contribution in [0.4, 0.5) is 0 Å². The van der Waals surface area contributed by atoms with Crippen molar-refractivity contribution < 1.29 is 14.9 Å². The number of ether oxygens (including phenoxy) is 1. The van der Waals surface area contributed by atoms with Crippen molar-refractivity contribution in [3.05, 3.63) is 212 Å². The fourth-order valence-electron chi connectivity index (χ4n) is 6.94. The minimum atomic E-state index is -0.470. The SMILES string of the molecule is C.CCCC.CI.NCOC1Cc2ccccc2C#Cc2ccccc21.OC1Cc2ccccc2/C=C\c2ccccc21.OC1Cc2ccccc2C#Cc2ccccc21. The van der Waals surface area contributed by atoms with Gasteiger partial charge in [-0.3, -0.25) is 0 Å². The molecule has 4 N–H and O–H groups in total. The lowest BCUT2D eigenvalue weighted by Crippen LogP contribution is -2.16. The molecule has 0 saturated heterocycles. The zero-order valence-corrected chi connectivity index (χ0v) is 36.4. The molecule has 0 heterocycles. The highest BCUT2D eigenvalue weighted by Crippen LogP contribution is 2.30. The largest absolute Gasteiger partial charge is 0.388 e. The van der Waals surface area contributed by atoms with Gasteiger partial charge in [0.15, 0.2) is 0 Å². The fourth-order valence-corrected chi connectivity index (χ4v) is 6.94. The third-order valence-electron chi connectivity index (χ3n) is 10.2. The second kappa shape index (κ2) is 25.4. The molecular formula is C55H58INO3. The van der Waals surface area contributed by atoms with Gasteiger partial charge in [0.05, 0.1) is 25.0 Å². The number of unbranched alkanes of at least 4 members (excludes halogenated alkanes) is 1. The third kappa shape index (κ3) is 13.1. The van der Waals surface area contributed by atoms with Crippen LogP contribution in [0.2, 0.25) is 0 Å². The topological polar surface area (TPSA) is 75.7 Å². The molecule has 4 nitrogen and oxygen atoms in total. The Kier molecular flexibility index (Phi) is 20.1. The number of fused-ring (bicyclic) bond motifs is 6. The number of alkyl halides is 1. The number of aliphatic hydroxyl groups excluding tert-OH is 2. The minimum absolute atomic E-state index is 0. The van der Waals surface area contributed by atoms with Crippen molar-refractivity contribution in [2.75, 3.05) is 11.7 Å². The molecule has 3 aliphatic rings. The van der Waals surface area contributed by atoms with E-state index in [1.54, 1.807) is 0 Å². The van der Waals surface area contributed by atoms with Crippen molar-refractivity contribution in [1.82, 2.24) is 0 Å². The van der Waals surface area contributed by atoms with Gasteiger partial charge in [-0.05, 0) is 73.7 Å². The van der Waals surface area contributed by atoms with E-state index in [2.05, 4.69) is 103 Å². The van der Waals surface area contributed by atoms with Gasteiger partial charge in [-0.25, -0.2) is 0 Å². The van der Waals surface area contributed by atoms with E-state index in [1.807, 2.05) is 120 Å². The van der Waals surface area contributed by atoms with Crippen LogP contribution in [-0.2, 0) is 24.0 Å². The van der Waals surface area contributed by atoms with Crippen LogP contribution in [0.1, 0.15) is 119 Å². The summed E-state index contributed by atoms with van der Waals surface area (Å²) in [6, 6.07) is 48.4. The van der Waals surface area contributed by atoms with Gasteiger partial charge in [0.1, 0.15) is 0 Å². The van der Waals surface area contributed by atoms with Crippen LogP contribution >= 0.6 is 22.6 Å². The van der Waals surface area contributed by atoms with Crippen molar-refractivity contribution in [1.29, 1.82) is 0 Å². The number of aliphatic hydroxyl groups is 2. The number of halogens is 1. The predicted molar refractivity (Wildman–Crippen MR) is 261 cm³/mol. The number of hydrogen-bond donors (Lipinski definition) is 3. The molecule has 3 atom stereocenters. The normalized spacial score (nSPS) is 16.1. The summed E-state index contributed by atoms with van der Waals surface area (Å²) in [4.78, 5) is 1.97. The van der Waals surface area contributed by atoms with Crippen molar-refractivity contribution in [2.24, 2.45) is 5.73 Å². The van der Waals surface area contributed by atoms with E-state index < -0.39 is 12.2 Å². The Morgan fingerprint density at radius 1 is 0.500 bits per heavy atom. The standard InChI is InChI=1S/C17H15NO.C16H14O.C16H12O.C4H10.CH3I.CH4/c18-12-19-17-11-15-7-2-1-5-13(15)9-10-14-6-3-4-8-16(14)17;2*17-16-11-14-7-2-1-5-12(14)9-10-13-6-3-4-8-15(13)16;1-3-4-2;1-2;/h1-8,17H,11-12,18H2;1-10,16-17H,11H2;1-8,16-17H,11H2;3-4H2,1-2H3;1H3;1H4/b;10-9-;;;;. The molecule has 6 aromatic rings. The fraction of sp³-hybridized carbons (Fsp3) is 0.236.